The average molecular weight is 542 g/mol. The van der Waals surface area contributed by atoms with Crippen LogP contribution in [0.4, 0.5) is 29.1 Å². The van der Waals surface area contributed by atoms with E-state index in [-0.39, 0.29) is 22.9 Å². The largest absolute Gasteiger partial charge is 0.435 e. The van der Waals surface area contributed by atoms with Crippen LogP contribution in [0.2, 0.25) is 0 Å². The summed E-state index contributed by atoms with van der Waals surface area (Å²) in [5, 5.41) is 10.2. The lowest BCUT2D eigenvalue weighted by Gasteiger charge is -2.14. The van der Waals surface area contributed by atoms with Crippen LogP contribution < -0.4 is 11.1 Å². The summed E-state index contributed by atoms with van der Waals surface area (Å²) in [6, 6.07) is 9.30. The minimum atomic E-state index is -4.80. The van der Waals surface area contributed by atoms with Crippen LogP contribution in [0.5, 0.6) is 0 Å². The Morgan fingerprint density at radius 3 is 2.62 bits per heavy atom. The van der Waals surface area contributed by atoms with E-state index in [1.165, 1.54) is 30.3 Å². The van der Waals surface area contributed by atoms with Crippen LogP contribution in [0, 0.1) is 5.82 Å². The van der Waals surface area contributed by atoms with Crippen LogP contribution in [0.15, 0.2) is 59.4 Å². The van der Waals surface area contributed by atoms with E-state index in [0.29, 0.717) is 35.1 Å². The van der Waals surface area contributed by atoms with Gasteiger partial charge in [0.15, 0.2) is 22.9 Å². The summed E-state index contributed by atoms with van der Waals surface area (Å²) in [4.78, 5) is 19.3. The van der Waals surface area contributed by atoms with Gasteiger partial charge in [0, 0.05) is 30.2 Å². The number of hydrogen-bond acceptors (Lipinski definition) is 8. The number of aromatic nitrogens is 5. The number of imidazole rings is 1. The van der Waals surface area contributed by atoms with E-state index >= 15 is 0 Å². The summed E-state index contributed by atoms with van der Waals surface area (Å²) in [6.45, 7) is 0.0429. The number of alkyl halides is 3. The Hall–Kier alpha value is -4.72. The number of Topliss-reactive ketones (excluding diaryl/α,β-unsaturated/α-hetero) is 1. The van der Waals surface area contributed by atoms with Crippen molar-refractivity contribution >= 4 is 28.3 Å². The number of hydrogen-bond donors (Lipinski definition) is 2. The van der Waals surface area contributed by atoms with Crippen molar-refractivity contribution in [2.24, 2.45) is 0 Å². The number of carbonyl (C=O) groups excluding carboxylic acids is 1. The lowest BCUT2D eigenvalue weighted by Crippen LogP contribution is -2.18. The van der Waals surface area contributed by atoms with Crippen LogP contribution in [0.25, 0.3) is 22.3 Å². The topological polar surface area (TPSA) is 120 Å². The van der Waals surface area contributed by atoms with Crippen molar-refractivity contribution < 1.29 is 26.9 Å². The van der Waals surface area contributed by atoms with Gasteiger partial charge in [-0.05, 0) is 44.4 Å². The molecule has 202 valence electrons. The smallest absolute Gasteiger partial charge is 0.380 e. The molecule has 5 rings (SSSR count). The zero-order valence-corrected chi connectivity index (χ0v) is 20.7. The molecule has 0 amide bonds. The van der Waals surface area contributed by atoms with Crippen molar-refractivity contribution in [1.29, 1.82) is 0 Å². The molecule has 14 heteroatoms. The van der Waals surface area contributed by atoms with E-state index in [0.717, 1.165) is 4.68 Å². The molecule has 0 aliphatic carbocycles. The van der Waals surface area contributed by atoms with Crippen LogP contribution in [-0.2, 0) is 12.7 Å². The van der Waals surface area contributed by atoms with Crippen LogP contribution in [0.3, 0.4) is 0 Å². The number of nitrogen functional groups attached to an aromatic ring is 1. The van der Waals surface area contributed by atoms with Gasteiger partial charge in [0.2, 0.25) is 0 Å². The van der Waals surface area contributed by atoms with Crippen LogP contribution >= 0.6 is 0 Å². The van der Waals surface area contributed by atoms with E-state index in [1.54, 1.807) is 23.0 Å². The number of benzene rings is 2. The normalized spacial score (nSPS) is 12.0. The lowest BCUT2D eigenvalue weighted by molar-refractivity contribution is -0.141. The molecule has 5 aromatic rings. The van der Waals surface area contributed by atoms with Gasteiger partial charge >= 0.3 is 6.18 Å². The summed E-state index contributed by atoms with van der Waals surface area (Å²) in [5.74, 6) is -0.659. The zero-order valence-electron chi connectivity index (χ0n) is 20.7. The molecule has 3 aromatic heterocycles. The first-order valence-corrected chi connectivity index (χ1v) is 11.6. The molecule has 0 aliphatic heterocycles. The molecule has 2 aromatic carbocycles. The second kappa shape index (κ2) is 9.87. The van der Waals surface area contributed by atoms with Gasteiger partial charge in [0.25, 0.3) is 0 Å². The first-order chi connectivity index (χ1) is 18.5. The number of nitrogens with one attached hydrogen (secondary N) is 1. The van der Waals surface area contributed by atoms with Crippen LogP contribution in [-0.4, -0.2) is 55.8 Å². The third-order valence-electron chi connectivity index (χ3n) is 5.86. The predicted octanol–water partition coefficient (Wildman–Crippen LogP) is 4.30. The number of nitrogens with zero attached hydrogens (tertiary/aromatic N) is 6. The molecule has 0 spiro atoms. The molecule has 39 heavy (non-hydrogen) atoms. The molecule has 3 N–H and O–H groups in total. The monoisotopic (exact) mass is 542 g/mol. The van der Waals surface area contributed by atoms with Crippen molar-refractivity contribution in [2.75, 3.05) is 31.7 Å². The van der Waals surface area contributed by atoms with Crippen molar-refractivity contribution in [2.45, 2.75) is 12.7 Å². The Morgan fingerprint density at radius 1 is 1.13 bits per heavy atom. The quantitative estimate of drug-likeness (QED) is 0.220. The van der Waals surface area contributed by atoms with Crippen molar-refractivity contribution in [3.63, 3.8) is 0 Å². The van der Waals surface area contributed by atoms with Crippen molar-refractivity contribution in [3.05, 3.63) is 77.9 Å². The number of halogens is 4. The number of rotatable bonds is 8. The van der Waals surface area contributed by atoms with Gasteiger partial charge in [-0.1, -0.05) is 5.16 Å². The zero-order chi connectivity index (χ0) is 27.9. The Balaban J connectivity index is 1.40. The maximum absolute atomic E-state index is 14.9. The van der Waals surface area contributed by atoms with Gasteiger partial charge in [-0.25, -0.2) is 14.1 Å². The molecule has 0 fully saturated rings. The average Bonchev–Trinajstić information content (AvgIpc) is 3.61. The first-order valence-electron chi connectivity index (χ1n) is 11.6. The van der Waals surface area contributed by atoms with E-state index in [2.05, 4.69) is 20.6 Å². The highest BCUT2D eigenvalue weighted by molar-refractivity contribution is 5.98. The number of ketones is 1. The van der Waals surface area contributed by atoms with Crippen LogP contribution in [0.1, 0.15) is 22.0 Å². The second-order valence-corrected chi connectivity index (χ2v) is 8.96. The molecular formula is C25H22F4N8O2. The van der Waals surface area contributed by atoms with Gasteiger partial charge < -0.3 is 25.0 Å². The molecule has 3 heterocycles. The molecule has 0 atom stereocenters. The molecule has 0 aliphatic rings. The lowest BCUT2D eigenvalue weighted by atomic mass is 10.2. The first kappa shape index (κ1) is 25.9. The fourth-order valence-electron chi connectivity index (χ4n) is 4.02. The highest BCUT2D eigenvalue weighted by Gasteiger charge is 2.36. The summed E-state index contributed by atoms with van der Waals surface area (Å²) >= 11 is 0. The SMILES string of the molecule is CN(C)Cc1nccn1-c1ccc(NCC(=O)c2cc(C(F)(F)F)nn2-c2ccc3onc(N)c3c2)c(F)c1. The van der Waals surface area contributed by atoms with E-state index in [4.69, 9.17) is 10.3 Å². The number of fused-ring (bicyclic) bond motifs is 1. The Morgan fingerprint density at radius 2 is 1.90 bits per heavy atom. The Kier molecular flexibility index (Phi) is 6.56. The van der Waals surface area contributed by atoms with E-state index in [9.17, 15) is 22.4 Å². The summed E-state index contributed by atoms with van der Waals surface area (Å²) in [5.41, 5.74) is 5.13. The maximum atomic E-state index is 14.9. The fourth-order valence-corrected chi connectivity index (χ4v) is 4.02. The van der Waals surface area contributed by atoms with Gasteiger partial charge in [-0.2, -0.15) is 18.3 Å². The van der Waals surface area contributed by atoms with Gasteiger partial charge in [-0.15, -0.1) is 0 Å². The van der Waals surface area contributed by atoms with Gasteiger partial charge in [0.05, 0.1) is 29.9 Å². The van der Waals surface area contributed by atoms with E-state index < -0.39 is 30.0 Å². The number of carbonyl (C=O) groups is 1. The minimum absolute atomic E-state index is 0.00199. The number of anilines is 2. The highest BCUT2D eigenvalue weighted by Crippen LogP contribution is 2.31. The third kappa shape index (κ3) is 5.18. The van der Waals surface area contributed by atoms with Gasteiger partial charge in [-0.3, -0.25) is 4.79 Å². The molecule has 0 saturated carbocycles. The fraction of sp³-hybridized carbons (Fsp3) is 0.200. The highest BCUT2D eigenvalue weighted by atomic mass is 19.4. The molecule has 0 radical (unpaired) electrons. The third-order valence-corrected chi connectivity index (χ3v) is 5.86. The number of nitrogens with two attached hydrogens (primary N) is 1. The molecular weight excluding hydrogens is 520 g/mol. The predicted molar refractivity (Wildman–Crippen MR) is 134 cm³/mol. The van der Waals surface area contributed by atoms with E-state index in [1.807, 2.05) is 19.0 Å². The van der Waals surface area contributed by atoms with Gasteiger partial charge in [0.1, 0.15) is 17.3 Å². The molecule has 10 nitrogen and oxygen atoms in total. The van der Waals surface area contributed by atoms with Crippen molar-refractivity contribution in [3.8, 4) is 11.4 Å². The Labute approximate surface area is 218 Å². The summed E-state index contributed by atoms with van der Waals surface area (Å²) < 4.78 is 63.0. The second-order valence-electron chi connectivity index (χ2n) is 8.96. The molecule has 0 unspecified atom stereocenters. The van der Waals surface area contributed by atoms with Crippen molar-refractivity contribution in [1.82, 2.24) is 29.4 Å². The standard InChI is InChI=1S/C25H22F4N8O2/c1-35(2)13-23-31-7-8-36(23)14-3-5-18(17(26)10-14)32-12-20(38)19-11-22(25(27,28)29)33-37(19)15-4-6-21-16(9-15)24(30)34-39-21/h3-11,32H,12-13H2,1-2H3,(H2,30,34). The molecule has 0 saturated heterocycles. The summed E-state index contributed by atoms with van der Waals surface area (Å²) in [6.07, 6.45) is -1.49. The Bertz CT molecular complexity index is 1670. The summed E-state index contributed by atoms with van der Waals surface area (Å²) in [7, 11) is 3.77. The maximum Gasteiger partial charge on any atom is 0.435 e. The minimum Gasteiger partial charge on any atom is -0.380 e. The molecule has 0 bridgehead atoms.